The summed E-state index contributed by atoms with van der Waals surface area (Å²) < 4.78 is 0. The van der Waals surface area contributed by atoms with E-state index in [1.807, 2.05) is 24.3 Å². The summed E-state index contributed by atoms with van der Waals surface area (Å²) in [4.78, 5) is 16.6. The molecular formula is C17H20ClN3O. The van der Waals surface area contributed by atoms with Gasteiger partial charge in [-0.25, -0.2) is 0 Å². The van der Waals surface area contributed by atoms with Crippen molar-refractivity contribution in [3.8, 4) is 0 Å². The number of rotatable bonds is 5. The van der Waals surface area contributed by atoms with Crippen molar-refractivity contribution in [2.24, 2.45) is 11.7 Å². The second-order valence-corrected chi connectivity index (χ2v) is 5.92. The first-order valence-electron chi connectivity index (χ1n) is 7.22. The van der Waals surface area contributed by atoms with Crippen molar-refractivity contribution < 1.29 is 4.79 Å². The second-order valence-electron chi connectivity index (χ2n) is 5.49. The van der Waals surface area contributed by atoms with Crippen LogP contribution in [-0.2, 0) is 6.54 Å². The zero-order valence-electron chi connectivity index (χ0n) is 12.7. The average Bonchev–Trinajstić information content (AvgIpc) is 2.53. The number of nitrogens with zero attached hydrogens (tertiary/aromatic N) is 1. The van der Waals surface area contributed by atoms with Crippen molar-refractivity contribution in [2.75, 3.05) is 0 Å². The van der Waals surface area contributed by atoms with Crippen LogP contribution >= 0.6 is 11.6 Å². The SMILES string of the molecule is CC(C)C(NC(=O)c1ccnc(CN)c1)c1ccc(Cl)cc1. The molecule has 3 N–H and O–H groups in total. The molecule has 0 aliphatic heterocycles. The highest BCUT2D eigenvalue weighted by atomic mass is 35.5. The minimum Gasteiger partial charge on any atom is -0.345 e. The number of hydrogen-bond acceptors (Lipinski definition) is 3. The highest BCUT2D eigenvalue weighted by Gasteiger charge is 2.19. The van der Waals surface area contributed by atoms with E-state index in [4.69, 9.17) is 17.3 Å². The summed E-state index contributed by atoms with van der Waals surface area (Å²) in [5.74, 6) is 0.117. The van der Waals surface area contributed by atoms with Crippen LogP contribution < -0.4 is 11.1 Å². The van der Waals surface area contributed by atoms with Crippen molar-refractivity contribution in [2.45, 2.75) is 26.4 Å². The Morgan fingerprint density at radius 1 is 1.27 bits per heavy atom. The highest BCUT2D eigenvalue weighted by Crippen LogP contribution is 2.23. The summed E-state index contributed by atoms with van der Waals surface area (Å²) in [5.41, 5.74) is 7.85. The van der Waals surface area contributed by atoms with E-state index in [0.29, 0.717) is 22.8 Å². The monoisotopic (exact) mass is 317 g/mol. The third-order valence-corrected chi connectivity index (χ3v) is 3.72. The lowest BCUT2D eigenvalue weighted by atomic mass is 9.95. The van der Waals surface area contributed by atoms with Crippen molar-refractivity contribution in [1.82, 2.24) is 10.3 Å². The molecule has 22 heavy (non-hydrogen) atoms. The van der Waals surface area contributed by atoms with Crippen molar-refractivity contribution in [3.63, 3.8) is 0 Å². The van der Waals surface area contributed by atoms with Gasteiger partial charge < -0.3 is 11.1 Å². The van der Waals surface area contributed by atoms with Crippen LogP contribution in [0.2, 0.25) is 5.02 Å². The molecule has 0 aliphatic rings. The van der Waals surface area contributed by atoms with Crippen LogP contribution in [0.1, 0.15) is 41.5 Å². The Kier molecular flexibility index (Phi) is 5.52. The van der Waals surface area contributed by atoms with Gasteiger partial charge in [0.25, 0.3) is 5.91 Å². The maximum Gasteiger partial charge on any atom is 0.251 e. The molecule has 1 aromatic heterocycles. The fourth-order valence-electron chi connectivity index (χ4n) is 2.26. The Labute approximate surface area is 135 Å². The van der Waals surface area contributed by atoms with Gasteiger partial charge in [-0.1, -0.05) is 37.6 Å². The number of hydrogen-bond donors (Lipinski definition) is 2. The first-order chi connectivity index (χ1) is 10.5. The predicted octanol–water partition coefficient (Wildman–Crippen LogP) is 3.32. The Morgan fingerprint density at radius 3 is 2.55 bits per heavy atom. The zero-order chi connectivity index (χ0) is 16.1. The lowest BCUT2D eigenvalue weighted by Crippen LogP contribution is -2.31. The lowest BCUT2D eigenvalue weighted by Gasteiger charge is -2.23. The van der Waals surface area contributed by atoms with Gasteiger partial charge in [-0.3, -0.25) is 9.78 Å². The second kappa shape index (κ2) is 7.38. The molecule has 1 aromatic carbocycles. The summed E-state index contributed by atoms with van der Waals surface area (Å²) in [6.07, 6.45) is 1.60. The van der Waals surface area contributed by atoms with Crippen LogP contribution in [0.3, 0.4) is 0 Å². The molecule has 0 saturated heterocycles. The van der Waals surface area contributed by atoms with E-state index in [2.05, 4.69) is 24.1 Å². The van der Waals surface area contributed by atoms with Gasteiger partial charge in [0.05, 0.1) is 11.7 Å². The number of amides is 1. The third-order valence-electron chi connectivity index (χ3n) is 3.47. The summed E-state index contributed by atoms with van der Waals surface area (Å²) in [6.45, 7) is 4.45. The number of carbonyl (C=O) groups is 1. The van der Waals surface area contributed by atoms with Gasteiger partial charge in [-0.15, -0.1) is 0 Å². The van der Waals surface area contributed by atoms with E-state index < -0.39 is 0 Å². The normalized spacial score (nSPS) is 12.2. The number of aromatic nitrogens is 1. The molecule has 5 heteroatoms. The molecule has 2 aromatic rings. The molecule has 1 heterocycles. The molecule has 0 fully saturated rings. The first kappa shape index (κ1) is 16.5. The van der Waals surface area contributed by atoms with Crippen LogP contribution in [0, 0.1) is 5.92 Å². The van der Waals surface area contributed by atoms with E-state index >= 15 is 0 Å². The van der Waals surface area contributed by atoms with E-state index in [1.165, 1.54) is 0 Å². The fraction of sp³-hybridized carbons (Fsp3) is 0.294. The molecule has 0 bridgehead atoms. The Hall–Kier alpha value is -1.91. The van der Waals surface area contributed by atoms with E-state index in [9.17, 15) is 4.79 Å². The summed E-state index contributed by atoms with van der Waals surface area (Å²) in [7, 11) is 0. The van der Waals surface area contributed by atoms with Gasteiger partial charge in [-0.05, 0) is 35.7 Å². The number of nitrogens with one attached hydrogen (secondary N) is 1. The lowest BCUT2D eigenvalue weighted by molar-refractivity contribution is 0.0925. The molecule has 0 saturated carbocycles. The van der Waals surface area contributed by atoms with Gasteiger partial charge >= 0.3 is 0 Å². The minimum absolute atomic E-state index is 0.0840. The Bertz CT molecular complexity index is 641. The van der Waals surface area contributed by atoms with Crippen molar-refractivity contribution in [3.05, 3.63) is 64.4 Å². The number of pyridine rings is 1. The topological polar surface area (TPSA) is 68.0 Å². The van der Waals surface area contributed by atoms with E-state index in [-0.39, 0.29) is 17.9 Å². The molecule has 0 spiro atoms. The Balaban J connectivity index is 2.20. The number of carbonyl (C=O) groups excluding carboxylic acids is 1. The molecular weight excluding hydrogens is 298 g/mol. The smallest absolute Gasteiger partial charge is 0.251 e. The van der Waals surface area contributed by atoms with Crippen molar-refractivity contribution in [1.29, 1.82) is 0 Å². The molecule has 1 amide bonds. The molecule has 116 valence electrons. The number of halogens is 1. The van der Waals surface area contributed by atoms with E-state index in [0.717, 1.165) is 5.56 Å². The van der Waals surface area contributed by atoms with Gasteiger partial charge in [-0.2, -0.15) is 0 Å². The summed E-state index contributed by atoms with van der Waals surface area (Å²) in [6, 6.07) is 10.9. The van der Waals surface area contributed by atoms with Crippen LogP contribution in [0.25, 0.3) is 0 Å². The van der Waals surface area contributed by atoms with Gasteiger partial charge in [0.15, 0.2) is 0 Å². The summed E-state index contributed by atoms with van der Waals surface area (Å²) >= 11 is 5.92. The largest absolute Gasteiger partial charge is 0.345 e. The molecule has 0 radical (unpaired) electrons. The van der Waals surface area contributed by atoms with Crippen LogP contribution in [0.15, 0.2) is 42.6 Å². The fourth-order valence-corrected chi connectivity index (χ4v) is 2.39. The first-order valence-corrected chi connectivity index (χ1v) is 7.60. The average molecular weight is 318 g/mol. The number of benzene rings is 1. The molecule has 0 aliphatic carbocycles. The maximum atomic E-state index is 12.5. The Morgan fingerprint density at radius 2 is 1.95 bits per heavy atom. The van der Waals surface area contributed by atoms with Gasteiger partial charge in [0.2, 0.25) is 0 Å². The third kappa shape index (κ3) is 4.06. The predicted molar refractivity (Wildman–Crippen MR) is 88.6 cm³/mol. The van der Waals surface area contributed by atoms with Crippen LogP contribution in [0.5, 0.6) is 0 Å². The standard InChI is InChI=1S/C17H20ClN3O/c1-11(2)16(12-3-5-14(18)6-4-12)21-17(22)13-7-8-20-15(9-13)10-19/h3-9,11,16H,10,19H2,1-2H3,(H,21,22). The quantitative estimate of drug-likeness (QED) is 0.889. The van der Waals surface area contributed by atoms with Crippen molar-refractivity contribution >= 4 is 17.5 Å². The molecule has 2 rings (SSSR count). The van der Waals surface area contributed by atoms with Gasteiger partial charge in [0, 0.05) is 23.3 Å². The highest BCUT2D eigenvalue weighted by molar-refractivity contribution is 6.30. The minimum atomic E-state index is -0.134. The molecule has 1 atom stereocenters. The number of nitrogens with two attached hydrogens (primary N) is 1. The van der Waals surface area contributed by atoms with Gasteiger partial charge in [0.1, 0.15) is 0 Å². The molecule has 4 nitrogen and oxygen atoms in total. The molecule has 1 unspecified atom stereocenters. The zero-order valence-corrected chi connectivity index (χ0v) is 13.5. The summed E-state index contributed by atoms with van der Waals surface area (Å²) in [5, 5.41) is 3.75. The van der Waals surface area contributed by atoms with E-state index in [1.54, 1.807) is 18.3 Å². The van der Waals surface area contributed by atoms with Crippen LogP contribution in [0.4, 0.5) is 0 Å². The maximum absolute atomic E-state index is 12.5. The van der Waals surface area contributed by atoms with Crippen LogP contribution in [-0.4, -0.2) is 10.9 Å².